The zero-order valence-electron chi connectivity index (χ0n) is 17.0. The Morgan fingerprint density at radius 3 is 2.67 bits per heavy atom. The van der Waals surface area contributed by atoms with Gasteiger partial charge in [-0.25, -0.2) is 4.85 Å². The molecule has 1 fully saturated rings. The van der Waals surface area contributed by atoms with E-state index in [1.807, 2.05) is 13.0 Å². The SMILES string of the molecule is [C-]#[N+]c1cc2c(-c3cncc(N)c3Cl)cn(C3CCC(C(=O)OC)CC3)c2cc1C. The number of anilines is 1. The van der Waals surface area contributed by atoms with Crippen LogP contribution in [0, 0.1) is 19.4 Å². The molecule has 0 unspecified atom stereocenters. The van der Waals surface area contributed by atoms with Gasteiger partial charge in [0.25, 0.3) is 0 Å². The molecule has 0 spiro atoms. The number of ether oxygens (including phenoxy) is 1. The molecule has 1 saturated carbocycles. The number of nitrogens with zero attached hydrogens (tertiary/aromatic N) is 3. The Morgan fingerprint density at radius 1 is 1.27 bits per heavy atom. The molecule has 1 aliphatic carbocycles. The van der Waals surface area contributed by atoms with E-state index in [4.69, 9.17) is 28.6 Å². The Balaban J connectivity index is 1.83. The van der Waals surface area contributed by atoms with Crippen molar-refractivity contribution in [3.8, 4) is 11.1 Å². The average molecular weight is 423 g/mol. The normalized spacial score (nSPS) is 18.9. The van der Waals surface area contributed by atoms with Gasteiger partial charge in [0.05, 0.1) is 36.5 Å². The summed E-state index contributed by atoms with van der Waals surface area (Å²) < 4.78 is 7.18. The predicted molar refractivity (Wildman–Crippen MR) is 119 cm³/mol. The lowest BCUT2D eigenvalue weighted by Gasteiger charge is -2.28. The lowest BCUT2D eigenvalue weighted by Crippen LogP contribution is -2.24. The highest BCUT2D eigenvalue weighted by molar-refractivity contribution is 6.36. The Bertz CT molecular complexity index is 1170. The van der Waals surface area contributed by atoms with E-state index in [0.717, 1.165) is 53.3 Å². The Morgan fingerprint density at radius 2 is 2.00 bits per heavy atom. The fourth-order valence-corrected chi connectivity index (χ4v) is 4.63. The van der Waals surface area contributed by atoms with E-state index in [2.05, 4.69) is 26.7 Å². The van der Waals surface area contributed by atoms with E-state index in [0.29, 0.717) is 16.4 Å². The summed E-state index contributed by atoms with van der Waals surface area (Å²) in [5.74, 6) is -0.155. The summed E-state index contributed by atoms with van der Waals surface area (Å²) in [5.41, 5.74) is 10.7. The minimum atomic E-state index is -0.123. The molecule has 2 N–H and O–H groups in total. The summed E-state index contributed by atoms with van der Waals surface area (Å²) in [7, 11) is 1.45. The largest absolute Gasteiger partial charge is 0.469 e. The molecule has 2 heterocycles. The highest BCUT2D eigenvalue weighted by atomic mass is 35.5. The van der Waals surface area contributed by atoms with E-state index in [1.54, 1.807) is 6.20 Å². The number of halogens is 1. The van der Waals surface area contributed by atoms with Crippen LogP contribution < -0.4 is 5.73 Å². The van der Waals surface area contributed by atoms with Crippen LogP contribution in [0.5, 0.6) is 0 Å². The average Bonchev–Trinajstić information content (AvgIpc) is 3.12. The van der Waals surface area contributed by atoms with Crippen molar-refractivity contribution >= 4 is 39.8 Å². The highest BCUT2D eigenvalue weighted by Crippen LogP contribution is 2.43. The summed E-state index contributed by atoms with van der Waals surface area (Å²) in [6.07, 6.45) is 8.70. The maximum Gasteiger partial charge on any atom is 0.308 e. The van der Waals surface area contributed by atoms with Gasteiger partial charge in [-0.15, -0.1) is 0 Å². The Hall–Kier alpha value is -3.04. The quantitative estimate of drug-likeness (QED) is 0.433. The van der Waals surface area contributed by atoms with E-state index >= 15 is 0 Å². The van der Waals surface area contributed by atoms with Gasteiger partial charge in [-0.05, 0) is 55.7 Å². The summed E-state index contributed by atoms with van der Waals surface area (Å²) in [4.78, 5) is 19.8. The number of fused-ring (bicyclic) bond motifs is 1. The number of hydrogen-bond acceptors (Lipinski definition) is 4. The van der Waals surface area contributed by atoms with Crippen molar-refractivity contribution in [1.82, 2.24) is 9.55 Å². The molecule has 0 atom stereocenters. The molecule has 0 radical (unpaired) electrons. The number of pyridine rings is 1. The van der Waals surface area contributed by atoms with Crippen molar-refractivity contribution in [2.24, 2.45) is 5.92 Å². The predicted octanol–water partition coefficient (Wildman–Crippen LogP) is 5.70. The first-order chi connectivity index (χ1) is 14.4. The van der Waals surface area contributed by atoms with E-state index in [9.17, 15) is 4.79 Å². The fourth-order valence-electron chi connectivity index (χ4n) is 4.43. The van der Waals surface area contributed by atoms with Gasteiger partial charge in [-0.1, -0.05) is 11.6 Å². The Labute approximate surface area is 180 Å². The van der Waals surface area contributed by atoms with Crippen LogP contribution in [0.2, 0.25) is 5.02 Å². The molecule has 2 aromatic heterocycles. The van der Waals surface area contributed by atoms with Gasteiger partial charge in [0.1, 0.15) is 0 Å². The molecule has 3 aromatic rings. The van der Waals surface area contributed by atoms with Gasteiger partial charge >= 0.3 is 5.97 Å². The third-order valence-corrected chi connectivity index (χ3v) is 6.52. The molecule has 0 bridgehead atoms. The van der Waals surface area contributed by atoms with Gasteiger partial charge < -0.3 is 15.0 Å². The third-order valence-electron chi connectivity index (χ3n) is 6.09. The van der Waals surface area contributed by atoms with E-state index < -0.39 is 0 Å². The fraction of sp³-hybridized carbons (Fsp3) is 0.348. The number of aryl methyl sites for hydroxylation is 1. The summed E-state index contributed by atoms with van der Waals surface area (Å²) >= 11 is 6.51. The summed E-state index contributed by atoms with van der Waals surface area (Å²) in [6, 6.07) is 4.24. The van der Waals surface area contributed by atoms with Crippen LogP contribution in [0.4, 0.5) is 11.4 Å². The molecule has 0 aliphatic heterocycles. The summed E-state index contributed by atoms with van der Waals surface area (Å²) in [6.45, 7) is 9.46. The molecule has 7 heteroatoms. The van der Waals surface area contributed by atoms with Gasteiger partial charge in [-0.3, -0.25) is 9.78 Å². The first kappa shape index (κ1) is 20.2. The molecule has 1 aliphatic rings. The van der Waals surface area contributed by atoms with Crippen LogP contribution in [0.25, 0.3) is 26.9 Å². The smallest absolute Gasteiger partial charge is 0.308 e. The second kappa shape index (κ2) is 8.00. The van der Waals surface area contributed by atoms with Gasteiger partial charge in [0.15, 0.2) is 5.69 Å². The van der Waals surface area contributed by atoms with Crippen LogP contribution in [0.1, 0.15) is 37.3 Å². The lowest BCUT2D eigenvalue weighted by molar-refractivity contribution is -0.146. The number of esters is 1. The van der Waals surface area contributed by atoms with Crippen molar-refractivity contribution in [1.29, 1.82) is 0 Å². The molecular weight excluding hydrogens is 400 g/mol. The Kier molecular flexibility index (Phi) is 5.40. The topological polar surface area (TPSA) is 74.5 Å². The number of aromatic nitrogens is 2. The number of nitrogens with two attached hydrogens (primary N) is 1. The zero-order valence-corrected chi connectivity index (χ0v) is 17.7. The highest BCUT2D eigenvalue weighted by Gasteiger charge is 2.29. The number of nitrogen functional groups attached to an aromatic ring is 1. The minimum Gasteiger partial charge on any atom is -0.469 e. The van der Waals surface area contributed by atoms with Crippen LogP contribution in [-0.4, -0.2) is 22.6 Å². The van der Waals surface area contributed by atoms with Crippen LogP contribution >= 0.6 is 11.6 Å². The lowest BCUT2D eigenvalue weighted by atomic mass is 9.86. The van der Waals surface area contributed by atoms with Crippen molar-refractivity contribution < 1.29 is 9.53 Å². The molecular formula is C23H23ClN4O2. The molecule has 154 valence electrons. The number of methoxy groups -OCH3 is 1. The standard InChI is InChI=1S/C23H23ClN4O2/c1-13-8-21-16(9-20(13)26-2)18(17-10-27-11-19(25)22(17)24)12-28(21)15-6-4-14(5-7-15)23(29)30-3/h8-12,14-15H,4-7,25H2,1,3H3. The summed E-state index contributed by atoms with van der Waals surface area (Å²) in [5, 5.41) is 1.42. The second-order valence-electron chi connectivity index (χ2n) is 7.84. The van der Waals surface area contributed by atoms with Crippen molar-refractivity contribution in [3.05, 3.63) is 52.7 Å². The van der Waals surface area contributed by atoms with Crippen LogP contribution in [0.3, 0.4) is 0 Å². The molecule has 1 aromatic carbocycles. The van der Waals surface area contributed by atoms with Gasteiger partial charge in [0, 0.05) is 35.1 Å². The number of hydrogen-bond donors (Lipinski definition) is 1. The first-order valence-corrected chi connectivity index (χ1v) is 10.3. The maximum atomic E-state index is 11.9. The zero-order chi connectivity index (χ0) is 21.4. The number of rotatable bonds is 3. The van der Waals surface area contributed by atoms with Crippen molar-refractivity contribution in [3.63, 3.8) is 0 Å². The number of carbonyl (C=O) groups excluding carboxylic acids is 1. The van der Waals surface area contributed by atoms with Crippen molar-refractivity contribution in [2.45, 2.75) is 38.6 Å². The van der Waals surface area contributed by atoms with E-state index in [1.165, 1.54) is 13.3 Å². The minimum absolute atomic E-state index is 0.0319. The van der Waals surface area contributed by atoms with Gasteiger partial charge in [-0.2, -0.15) is 0 Å². The van der Waals surface area contributed by atoms with Crippen LogP contribution in [0.15, 0.2) is 30.7 Å². The molecule has 0 saturated heterocycles. The molecule has 0 amide bonds. The molecule has 6 nitrogen and oxygen atoms in total. The molecule has 30 heavy (non-hydrogen) atoms. The first-order valence-electron chi connectivity index (χ1n) is 9.94. The molecule has 4 rings (SSSR count). The van der Waals surface area contributed by atoms with E-state index in [-0.39, 0.29) is 17.9 Å². The number of benzene rings is 1. The maximum absolute atomic E-state index is 11.9. The third kappa shape index (κ3) is 3.40. The van der Waals surface area contributed by atoms with Gasteiger partial charge in [0.2, 0.25) is 0 Å². The number of carbonyl (C=O) groups is 1. The second-order valence-corrected chi connectivity index (χ2v) is 8.21. The monoisotopic (exact) mass is 422 g/mol. The van der Waals surface area contributed by atoms with Crippen molar-refractivity contribution in [2.75, 3.05) is 12.8 Å². The van der Waals surface area contributed by atoms with Crippen LogP contribution in [-0.2, 0) is 9.53 Å².